The zero-order valence-corrected chi connectivity index (χ0v) is 13.5. The number of halogens is 1. The van der Waals surface area contributed by atoms with Crippen LogP contribution in [0.3, 0.4) is 0 Å². The average Bonchev–Trinajstić information content (AvgIpc) is 2.97. The molecular formula is C15H19ClN4O3. The quantitative estimate of drug-likeness (QED) is 0.717. The summed E-state index contributed by atoms with van der Waals surface area (Å²) in [4.78, 5) is 15.9. The molecule has 124 valence electrons. The maximum atomic E-state index is 11.6. The number of carbonyl (C=O) groups is 1. The van der Waals surface area contributed by atoms with Gasteiger partial charge in [-0.15, -0.1) is 0 Å². The fourth-order valence-electron chi connectivity index (χ4n) is 1.90. The summed E-state index contributed by atoms with van der Waals surface area (Å²) in [7, 11) is 0. The molecule has 2 amide bonds. The molecule has 0 aliphatic carbocycles. The van der Waals surface area contributed by atoms with Gasteiger partial charge in [0.05, 0.1) is 0 Å². The molecule has 0 aliphatic rings. The van der Waals surface area contributed by atoms with Gasteiger partial charge in [0.2, 0.25) is 11.7 Å². The van der Waals surface area contributed by atoms with E-state index in [4.69, 9.17) is 21.2 Å². The molecule has 0 unspecified atom stereocenters. The first-order valence-electron chi connectivity index (χ1n) is 7.32. The molecule has 0 fully saturated rings. The van der Waals surface area contributed by atoms with Gasteiger partial charge in [0.1, 0.15) is 0 Å². The number of rotatable bonds is 7. The number of carbonyl (C=O) groups excluding carboxylic acids is 1. The van der Waals surface area contributed by atoms with Crippen molar-refractivity contribution < 1.29 is 14.4 Å². The molecule has 1 aromatic heterocycles. The Labute approximate surface area is 139 Å². The number of aliphatic hydroxyl groups is 1. The third-order valence-electron chi connectivity index (χ3n) is 3.13. The van der Waals surface area contributed by atoms with E-state index in [0.717, 1.165) is 5.56 Å². The molecule has 2 aromatic rings. The highest BCUT2D eigenvalue weighted by Crippen LogP contribution is 2.18. The Morgan fingerprint density at radius 2 is 2.13 bits per heavy atom. The molecule has 3 N–H and O–H groups in total. The summed E-state index contributed by atoms with van der Waals surface area (Å²) >= 11 is 5.83. The Balaban J connectivity index is 1.79. The summed E-state index contributed by atoms with van der Waals surface area (Å²) in [5.41, 5.74) is 0.813. The van der Waals surface area contributed by atoms with Crippen LogP contribution >= 0.6 is 11.6 Å². The van der Waals surface area contributed by atoms with Crippen LogP contribution in [-0.4, -0.2) is 40.5 Å². The lowest BCUT2D eigenvalue weighted by Crippen LogP contribution is -2.41. The lowest BCUT2D eigenvalue weighted by Gasteiger charge is -2.12. The van der Waals surface area contributed by atoms with Crippen molar-refractivity contribution in [1.82, 2.24) is 20.8 Å². The first-order chi connectivity index (χ1) is 11.1. The van der Waals surface area contributed by atoms with E-state index in [0.29, 0.717) is 36.1 Å². The Kier molecular flexibility index (Phi) is 6.37. The molecule has 1 aromatic carbocycles. The lowest BCUT2D eigenvalue weighted by atomic mass is 10.2. The molecule has 0 bridgehead atoms. The fourth-order valence-corrected chi connectivity index (χ4v) is 2.02. The van der Waals surface area contributed by atoms with Gasteiger partial charge in [-0.25, -0.2) is 4.79 Å². The molecule has 7 nitrogen and oxygen atoms in total. The molecule has 0 spiro atoms. The number of urea groups is 1. The van der Waals surface area contributed by atoms with Crippen molar-refractivity contribution in [1.29, 1.82) is 0 Å². The van der Waals surface area contributed by atoms with Crippen LogP contribution in [0, 0.1) is 0 Å². The number of amides is 2. The fraction of sp³-hybridized carbons (Fsp3) is 0.400. The number of nitrogens with one attached hydrogen (secondary N) is 2. The van der Waals surface area contributed by atoms with E-state index in [-0.39, 0.29) is 18.7 Å². The molecule has 2 rings (SSSR count). The van der Waals surface area contributed by atoms with Crippen LogP contribution in [0.2, 0.25) is 5.02 Å². The molecule has 23 heavy (non-hydrogen) atoms. The van der Waals surface area contributed by atoms with E-state index in [1.54, 1.807) is 12.1 Å². The zero-order chi connectivity index (χ0) is 16.7. The number of hydrogen-bond acceptors (Lipinski definition) is 5. The first kappa shape index (κ1) is 17.2. The summed E-state index contributed by atoms with van der Waals surface area (Å²) < 4.78 is 5.15. The van der Waals surface area contributed by atoms with E-state index < -0.39 is 0 Å². The SMILES string of the molecule is C[C@H](CCO)NC(=O)NCCc1nc(-c2ccc(Cl)cc2)no1. The first-order valence-corrected chi connectivity index (χ1v) is 7.70. The van der Waals surface area contributed by atoms with Gasteiger partial charge in [0.25, 0.3) is 0 Å². The van der Waals surface area contributed by atoms with Crippen LogP contribution in [0.4, 0.5) is 4.79 Å². The minimum atomic E-state index is -0.289. The lowest BCUT2D eigenvalue weighted by molar-refractivity contribution is 0.231. The van der Waals surface area contributed by atoms with Crippen LogP contribution in [0.25, 0.3) is 11.4 Å². The molecule has 0 saturated carbocycles. The summed E-state index contributed by atoms with van der Waals surface area (Å²) in [5.74, 6) is 0.927. The van der Waals surface area contributed by atoms with Gasteiger partial charge in [-0.2, -0.15) is 4.98 Å². The number of benzene rings is 1. The largest absolute Gasteiger partial charge is 0.396 e. The maximum absolute atomic E-state index is 11.6. The molecule has 1 atom stereocenters. The van der Waals surface area contributed by atoms with E-state index in [9.17, 15) is 4.79 Å². The van der Waals surface area contributed by atoms with Crippen molar-refractivity contribution in [3.63, 3.8) is 0 Å². The standard InChI is InChI=1S/C15H19ClN4O3/c1-10(7-9-21)18-15(22)17-8-6-13-19-14(20-23-13)11-2-4-12(16)5-3-11/h2-5,10,21H,6-9H2,1H3,(H2,17,18,22)/t10-/m1/s1. The molecule has 1 heterocycles. The third kappa shape index (κ3) is 5.54. The summed E-state index contributed by atoms with van der Waals surface area (Å²) in [6.45, 7) is 2.24. The predicted octanol–water partition coefficient (Wildman–Crippen LogP) is 2.00. The highest BCUT2D eigenvalue weighted by atomic mass is 35.5. The van der Waals surface area contributed by atoms with Crippen molar-refractivity contribution in [2.45, 2.75) is 25.8 Å². The van der Waals surface area contributed by atoms with Crippen molar-refractivity contribution in [3.05, 3.63) is 35.2 Å². The number of aliphatic hydroxyl groups excluding tert-OH is 1. The number of aromatic nitrogens is 2. The summed E-state index contributed by atoms with van der Waals surface area (Å²) in [5, 5.41) is 18.7. The molecular weight excluding hydrogens is 320 g/mol. The van der Waals surface area contributed by atoms with E-state index in [1.165, 1.54) is 0 Å². The Bertz CT molecular complexity index is 630. The minimum absolute atomic E-state index is 0.0386. The van der Waals surface area contributed by atoms with Crippen LogP contribution in [0.15, 0.2) is 28.8 Å². The van der Waals surface area contributed by atoms with Gasteiger partial charge in [-0.1, -0.05) is 16.8 Å². The van der Waals surface area contributed by atoms with Gasteiger partial charge >= 0.3 is 6.03 Å². The van der Waals surface area contributed by atoms with Gasteiger partial charge in [0.15, 0.2) is 0 Å². The van der Waals surface area contributed by atoms with E-state index in [2.05, 4.69) is 20.8 Å². The van der Waals surface area contributed by atoms with Crippen molar-refractivity contribution in [3.8, 4) is 11.4 Å². The highest BCUT2D eigenvalue weighted by Gasteiger charge is 2.10. The number of hydrogen-bond donors (Lipinski definition) is 3. The monoisotopic (exact) mass is 338 g/mol. The second-order valence-corrected chi connectivity index (χ2v) is 5.52. The van der Waals surface area contributed by atoms with Gasteiger partial charge < -0.3 is 20.3 Å². The van der Waals surface area contributed by atoms with Crippen LogP contribution < -0.4 is 10.6 Å². The van der Waals surface area contributed by atoms with Gasteiger partial charge in [0, 0.05) is 36.2 Å². The van der Waals surface area contributed by atoms with Crippen LogP contribution in [0.5, 0.6) is 0 Å². The van der Waals surface area contributed by atoms with Crippen molar-refractivity contribution in [2.24, 2.45) is 0 Å². The Hall–Kier alpha value is -2.12. The second kappa shape index (κ2) is 8.50. The van der Waals surface area contributed by atoms with Gasteiger partial charge in [-0.3, -0.25) is 0 Å². The van der Waals surface area contributed by atoms with Crippen molar-refractivity contribution >= 4 is 17.6 Å². The summed E-state index contributed by atoms with van der Waals surface area (Å²) in [6, 6.07) is 6.76. The van der Waals surface area contributed by atoms with Crippen molar-refractivity contribution in [2.75, 3.05) is 13.2 Å². The molecule has 0 radical (unpaired) electrons. The van der Waals surface area contributed by atoms with E-state index in [1.807, 2.05) is 19.1 Å². The maximum Gasteiger partial charge on any atom is 0.315 e. The number of nitrogens with zero attached hydrogens (tertiary/aromatic N) is 2. The van der Waals surface area contributed by atoms with Crippen LogP contribution in [0.1, 0.15) is 19.2 Å². The topological polar surface area (TPSA) is 100 Å². The smallest absolute Gasteiger partial charge is 0.315 e. The molecule has 0 saturated heterocycles. The van der Waals surface area contributed by atoms with Crippen LogP contribution in [-0.2, 0) is 6.42 Å². The highest BCUT2D eigenvalue weighted by molar-refractivity contribution is 6.30. The Morgan fingerprint density at radius 1 is 1.39 bits per heavy atom. The molecule has 8 heteroatoms. The normalized spacial score (nSPS) is 12.0. The Morgan fingerprint density at radius 3 is 2.83 bits per heavy atom. The second-order valence-electron chi connectivity index (χ2n) is 5.08. The average molecular weight is 339 g/mol. The zero-order valence-electron chi connectivity index (χ0n) is 12.8. The van der Waals surface area contributed by atoms with E-state index >= 15 is 0 Å². The third-order valence-corrected chi connectivity index (χ3v) is 3.39. The van der Waals surface area contributed by atoms with Gasteiger partial charge in [-0.05, 0) is 37.6 Å². The minimum Gasteiger partial charge on any atom is -0.396 e. The molecule has 0 aliphatic heterocycles. The predicted molar refractivity (Wildman–Crippen MR) is 86.1 cm³/mol. The summed E-state index contributed by atoms with van der Waals surface area (Å²) in [6.07, 6.45) is 0.948.